The van der Waals surface area contributed by atoms with Crippen LogP contribution in [-0.4, -0.2) is 35.2 Å². The van der Waals surface area contributed by atoms with Crippen LogP contribution < -0.4 is 10.1 Å². The third-order valence-electron chi connectivity index (χ3n) is 3.43. The van der Waals surface area contributed by atoms with E-state index in [2.05, 4.69) is 15.3 Å². The van der Waals surface area contributed by atoms with Crippen LogP contribution in [0.1, 0.15) is 11.3 Å². The molecule has 1 aromatic heterocycles. The molecule has 0 aliphatic carbocycles. The highest BCUT2D eigenvalue weighted by atomic mass is 16.6. The molecule has 0 spiro atoms. The van der Waals surface area contributed by atoms with Gasteiger partial charge >= 0.3 is 0 Å². The second-order valence-electron chi connectivity index (χ2n) is 4.96. The second kappa shape index (κ2) is 4.75. The van der Waals surface area contributed by atoms with Crippen LogP contribution in [0.5, 0.6) is 5.75 Å². The third kappa shape index (κ3) is 2.30. The highest BCUT2D eigenvalue weighted by molar-refractivity contribution is 6.35. The maximum Gasteiger partial charge on any atom is 0.256 e. The van der Waals surface area contributed by atoms with E-state index >= 15 is 0 Å². The first-order chi connectivity index (χ1) is 10.3. The van der Waals surface area contributed by atoms with Crippen molar-refractivity contribution in [3.63, 3.8) is 0 Å². The lowest BCUT2D eigenvalue weighted by Gasteiger charge is -2.09. The molecule has 1 fully saturated rings. The Balaban J connectivity index is 1.73. The first-order valence-corrected chi connectivity index (χ1v) is 6.70. The number of carbonyl (C=O) groups is 1. The molecule has 2 N–H and O–H groups in total. The molecule has 1 aromatic carbocycles. The third-order valence-corrected chi connectivity index (χ3v) is 3.43. The van der Waals surface area contributed by atoms with Gasteiger partial charge < -0.3 is 19.8 Å². The van der Waals surface area contributed by atoms with E-state index in [4.69, 9.17) is 9.47 Å². The average Bonchev–Trinajstić information content (AvgIpc) is 3.07. The molecule has 106 valence electrons. The molecule has 2 aliphatic heterocycles. The molecule has 0 bridgehead atoms. The van der Waals surface area contributed by atoms with Gasteiger partial charge in [-0.25, -0.2) is 4.98 Å². The van der Waals surface area contributed by atoms with E-state index in [1.165, 1.54) is 0 Å². The number of rotatable bonds is 4. The van der Waals surface area contributed by atoms with Crippen molar-refractivity contribution in [1.29, 1.82) is 0 Å². The summed E-state index contributed by atoms with van der Waals surface area (Å²) in [5.41, 5.74) is 2.90. The summed E-state index contributed by atoms with van der Waals surface area (Å²) >= 11 is 0. The number of anilines is 1. The van der Waals surface area contributed by atoms with Crippen LogP contribution >= 0.6 is 0 Å². The van der Waals surface area contributed by atoms with Crippen molar-refractivity contribution in [2.24, 2.45) is 0 Å². The van der Waals surface area contributed by atoms with Gasteiger partial charge in [-0.05, 0) is 18.2 Å². The van der Waals surface area contributed by atoms with Gasteiger partial charge in [-0.3, -0.25) is 4.79 Å². The van der Waals surface area contributed by atoms with Crippen LogP contribution in [0.3, 0.4) is 0 Å². The number of benzene rings is 1. The largest absolute Gasteiger partial charge is 0.490 e. The fraction of sp³-hybridized carbons (Fsp3) is 0.200. The summed E-state index contributed by atoms with van der Waals surface area (Å²) in [6, 6.07) is 5.59. The smallest absolute Gasteiger partial charge is 0.256 e. The first kappa shape index (κ1) is 12.2. The molecule has 2 aliphatic rings. The molecule has 2 aromatic rings. The van der Waals surface area contributed by atoms with Gasteiger partial charge in [-0.2, -0.15) is 0 Å². The number of nitrogens with zero attached hydrogens (tertiary/aromatic N) is 1. The van der Waals surface area contributed by atoms with Crippen molar-refractivity contribution >= 4 is 23.2 Å². The number of ether oxygens (including phenoxy) is 2. The van der Waals surface area contributed by atoms with Gasteiger partial charge in [0.25, 0.3) is 5.91 Å². The van der Waals surface area contributed by atoms with Gasteiger partial charge in [0.2, 0.25) is 0 Å². The van der Waals surface area contributed by atoms with Crippen molar-refractivity contribution in [2.75, 3.05) is 18.5 Å². The lowest BCUT2D eigenvalue weighted by Crippen LogP contribution is -2.05. The van der Waals surface area contributed by atoms with E-state index in [9.17, 15) is 4.79 Å². The zero-order chi connectivity index (χ0) is 14.2. The molecule has 6 nitrogen and oxygen atoms in total. The summed E-state index contributed by atoms with van der Waals surface area (Å²) < 4.78 is 10.9. The van der Waals surface area contributed by atoms with Crippen LogP contribution in [0.2, 0.25) is 0 Å². The number of epoxide rings is 1. The van der Waals surface area contributed by atoms with Crippen molar-refractivity contribution in [1.82, 2.24) is 9.97 Å². The van der Waals surface area contributed by atoms with E-state index in [1.54, 1.807) is 18.6 Å². The van der Waals surface area contributed by atoms with Crippen LogP contribution in [0.4, 0.5) is 5.69 Å². The Kier molecular flexibility index (Phi) is 2.75. The summed E-state index contributed by atoms with van der Waals surface area (Å²) in [5, 5.41) is 2.85. The van der Waals surface area contributed by atoms with E-state index in [1.807, 2.05) is 18.2 Å². The van der Waals surface area contributed by atoms with Crippen molar-refractivity contribution in [2.45, 2.75) is 6.10 Å². The minimum Gasteiger partial charge on any atom is -0.490 e. The normalized spacial score (nSPS) is 21.2. The molecular weight excluding hydrogens is 270 g/mol. The second-order valence-corrected chi connectivity index (χ2v) is 4.96. The van der Waals surface area contributed by atoms with Gasteiger partial charge in [-0.15, -0.1) is 0 Å². The van der Waals surface area contributed by atoms with Gasteiger partial charge in [0, 0.05) is 0 Å². The lowest BCUT2D eigenvalue weighted by molar-refractivity contribution is -0.110. The van der Waals surface area contributed by atoms with Crippen LogP contribution in [0.25, 0.3) is 11.6 Å². The fourth-order valence-corrected chi connectivity index (χ4v) is 2.32. The monoisotopic (exact) mass is 283 g/mol. The number of hydrogen-bond acceptors (Lipinski definition) is 4. The molecule has 1 saturated heterocycles. The number of aromatic amines is 1. The quantitative estimate of drug-likeness (QED) is 0.661. The van der Waals surface area contributed by atoms with Crippen molar-refractivity contribution < 1.29 is 14.3 Å². The minimum absolute atomic E-state index is 0.140. The highest BCUT2D eigenvalue weighted by Gasteiger charge is 2.29. The summed E-state index contributed by atoms with van der Waals surface area (Å²) in [6.07, 6.45) is 5.19. The molecule has 4 rings (SSSR count). The van der Waals surface area contributed by atoms with Gasteiger partial charge in [0.15, 0.2) is 0 Å². The van der Waals surface area contributed by atoms with Gasteiger partial charge in [0.05, 0.1) is 41.6 Å². The predicted molar refractivity (Wildman–Crippen MR) is 76.8 cm³/mol. The van der Waals surface area contributed by atoms with Crippen molar-refractivity contribution in [3.05, 3.63) is 42.0 Å². The topological polar surface area (TPSA) is 79.5 Å². The summed E-state index contributed by atoms with van der Waals surface area (Å²) in [4.78, 5) is 19.1. The Morgan fingerprint density at radius 1 is 1.48 bits per heavy atom. The number of carbonyl (C=O) groups excluding carboxylic acids is 1. The molecule has 3 heterocycles. The predicted octanol–water partition coefficient (Wildman–Crippen LogP) is 1.68. The summed E-state index contributed by atoms with van der Waals surface area (Å²) in [5.74, 6) is 0.547. The van der Waals surface area contributed by atoms with E-state index in [0.29, 0.717) is 17.9 Å². The SMILES string of the molecule is O=C1Nc2cccc(OCC3CO3)c2/C1=C/c1cnc[nH]1. The number of amides is 1. The average molecular weight is 283 g/mol. The molecule has 0 radical (unpaired) electrons. The molecule has 1 unspecified atom stereocenters. The number of nitrogens with one attached hydrogen (secondary N) is 2. The molecule has 0 saturated carbocycles. The van der Waals surface area contributed by atoms with Crippen LogP contribution in [0.15, 0.2) is 30.7 Å². The first-order valence-electron chi connectivity index (χ1n) is 6.70. The van der Waals surface area contributed by atoms with E-state index < -0.39 is 0 Å². The standard InChI is InChI=1S/C15H13N3O3/c19-15-11(4-9-5-16-8-17-9)14-12(18-15)2-1-3-13(14)21-7-10-6-20-10/h1-5,8,10H,6-7H2,(H,16,17)(H,18,19)/b11-4-. The molecule has 1 amide bonds. The van der Waals surface area contributed by atoms with Crippen molar-refractivity contribution in [3.8, 4) is 5.75 Å². The number of fused-ring (bicyclic) bond motifs is 1. The number of aromatic nitrogens is 2. The maximum absolute atomic E-state index is 12.2. The van der Waals surface area contributed by atoms with E-state index in [-0.39, 0.29) is 12.0 Å². The summed E-state index contributed by atoms with van der Waals surface area (Å²) in [7, 11) is 0. The zero-order valence-corrected chi connectivity index (χ0v) is 11.1. The van der Waals surface area contributed by atoms with Crippen LogP contribution in [0, 0.1) is 0 Å². The van der Waals surface area contributed by atoms with Gasteiger partial charge in [-0.1, -0.05) is 6.07 Å². The number of H-pyrrole nitrogens is 1. The fourth-order valence-electron chi connectivity index (χ4n) is 2.32. The zero-order valence-electron chi connectivity index (χ0n) is 11.1. The van der Waals surface area contributed by atoms with Crippen LogP contribution in [-0.2, 0) is 9.53 Å². The summed E-state index contributed by atoms with van der Waals surface area (Å²) in [6.45, 7) is 1.24. The van der Waals surface area contributed by atoms with E-state index in [0.717, 1.165) is 23.6 Å². The lowest BCUT2D eigenvalue weighted by atomic mass is 10.0. The molecule has 6 heteroatoms. The Morgan fingerprint density at radius 3 is 3.14 bits per heavy atom. The molecular formula is C15H13N3O3. The Labute approximate surface area is 120 Å². The molecule has 1 atom stereocenters. The number of hydrogen-bond donors (Lipinski definition) is 2. The molecule has 21 heavy (non-hydrogen) atoms. The minimum atomic E-state index is -0.140. The highest BCUT2D eigenvalue weighted by Crippen LogP contribution is 2.39. The Bertz CT molecular complexity index is 718. The Hall–Kier alpha value is -2.60. The maximum atomic E-state index is 12.2. The number of imidazole rings is 1. The van der Waals surface area contributed by atoms with Gasteiger partial charge in [0.1, 0.15) is 18.5 Å². The Morgan fingerprint density at radius 2 is 2.38 bits per heavy atom.